The summed E-state index contributed by atoms with van der Waals surface area (Å²) in [5.41, 5.74) is 5.16. The Morgan fingerprint density at radius 1 is 1.00 bits per heavy atom. The molecule has 4 rings (SSSR count). The maximum atomic E-state index is 13.4. The van der Waals surface area contributed by atoms with E-state index in [2.05, 4.69) is 42.7 Å². The Labute approximate surface area is 163 Å². The molecule has 0 atom stereocenters. The minimum Gasteiger partial charge on any atom is -0.319 e. The quantitative estimate of drug-likeness (QED) is 0.388. The molecule has 0 aliphatic heterocycles. The summed E-state index contributed by atoms with van der Waals surface area (Å²) in [7, 11) is 0. The number of imidazole rings is 1. The van der Waals surface area contributed by atoms with Gasteiger partial charge in [-0.05, 0) is 41.3 Å². The molecule has 1 heterocycles. The molecule has 3 aromatic carbocycles. The van der Waals surface area contributed by atoms with E-state index in [1.54, 1.807) is 6.07 Å². The molecule has 0 bridgehead atoms. The Morgan fingerprint density at radius 2 is 1.74 bits per heavy atom. The standard InChI is InChI=1S/C23H20ClFN2/c1-15(2)16-7-9-17(10-8-16)23-26-21-5-3-4-6-22(21)27(23)14-18-11-12-19(25)13-20(18)24/h3-13,15H,14H2,1-2H3. The van der Waals surface area contributed by atoms with Crippen LogP contribution in [-0.2, 0) is 6.54 Å². The fourth-order valence-corrected chi connectivity index (χ4v) is 3.52. The third kappa shape index (κ3) is 3.47. The minimum absolute atomic E-state index is 0.330. The van der Waals surface area contributed by atoms with Gasteiger partial charge >= 0.3 is 0 Å². The van der Waals surface area contributed by atoms with Crippen molar-refractivity contribution in [1.29, 1.82) is 0 Å². The number of benzene rings is 3. The van der Waals surface area contributed by atoms with Crippen LogP contribution < -0.4 is 0 Å². The van der Waals surface area contributed by atoms with Gasteiger partial charge in [-0.25, -0.2) is 9.37 Å². The zero-order valence-corrected chi connectivity index (χ0v) is 16.0. The topological polar surface area (TPSA) is 17.8 Å². The molecule has 4 heteroatoms. The average molecular weight is 379 g/mol. The van der Waals surface area contributed by atoms with E-state index in [0.29, 0.717) is 17.5 Å². The van der Waals surface area contributed by atoms with Crippen molar-refractivity contribution < 1.29 is 4.39 Å². The minimum atomic E-state index is -0.330. The molecule has 0 saturated carbocycles. The zero-order chi connectivity index (χ0) is 19.0. The third-order valence-electron chi connectivity index (χ3n) is 4.83. The summed E-state index contributed by atoms with van der Waals surface area (Å²) in [6, 6.07) is 21.1. The fraction of sp³-hybridized carbons (Fsp3) is 0.174. The molecule has 0 aliphatic rings. The molecule has 1 aromatic heterocycles. The van der Waals surface area contributed by atoms with Crippen LogP contribution in [0.5, 0.6) is 0 Å². The van der Waals surface area contributed by atoms with Crippen molar-refractivity contribution >= 4 is 22.6 Å². The van der Waals surface area contributed by atoms with E-state index in [1.165, 1.54) is 17.7 Å². The van der Waals surface area contributed by atoms with Gasteiger partial charge < -0.3 is 4.57 Å². The predicted molar refractivity (Wildman–Crippen MR) is 110 cm³/mol. The van der Waals surface area contributed by atoms with E-state index in [0.717, 1.165) is 28.0 Å². The van der Waals surface area contributed by atoms with E-state index in [1.807, 2.05) is 24.3 Å². The molecule has 0 aliphatic carbocycles. The lowest BCUT2D eigenvalue weighted by Crippen LogP contribution is -2.03. The Bertz CT molecular complexity index is 1100. The Hall–Kier alpha value is -2.65. The van der Waals surface area contributed by atoms with Crippen molar-refractivity contribution in [2.75, 3.05) is 0 Å². The monoisotopic (exact) mass is 378 g/mol. The van der Waals surface area contributed by atoms with Crippen LogP contribution in [0.15, 0.2) is 66.7 Å². The third-order valence-corrected chi connectivity index (χ3v) is 5.19. The molecule has 4 aromatic rings. The van der Waals surface area contributed by atoms with Crippen LogP contribution >= 0.6 is 11.6 Å². The maximum absolute atomic E-state index is 13.4. The van der Waals surface area contributed by atoms with Crippen LogP contribution in [0, 0.1) is 5.82 Å². The van der Waals surface area contributed by atoms with Crippen molar-refractivity contribution in [3.05, 3.63) is 88.7 Å². The van der Waals surface area contributed by atoms with E-state index in [9.17, 15) is 4.39 Å². The highest BCUT2D eigenvalue weighted by Crippen LogP contribution is 2.29. The van der Waals surface area contributed by atoms with Crippen LogP contribution in [0.1, 0.15) is 30.9 Å². The lowest BCUT2D eigenvalue weighted by molar-refractivity contribution is 0.626. The highest BCUT2D eigenvalue weighted by molar-refractivity contribution is 6.31. The summed E-state index contributed by atoms with van der Waals surface area (Å²) in [5, 5.41) is 0.425. The molecule has 136 valence electrons. The molecule has 2 nitrogen and oxygen atoms in total. The predicted octanol–water partition coefficient (Wildman–Crippen LogP) is 6.67. The van der Waals surface area contributed by atoms with E-state index >= 15 is 0 Å². The number of rotatable bonds is 4. The lowest BCUT2D eigenvalue weighted by Gasteiger charge is -2.12. The smallest absolute Gasteiger partial charge is 0.141 e. The molecule has 0 radical (unpaired) electrons. The first kappa shape index (κ1) is 17.7. The molecule has 0 unspecified atom stereocenters. The SMILES string of the molecule is CC(C)c1ccc(-c2nc3ccccc3n2Cc2ccc(F)cc2Cl)cc1. The van der Waals surface area contributed by atoms with Gasteiger partial charge in [-0.15, -0.1) is 0 Å². The maximum Gasteiger partial charge on any atom is 0.141 e. The normalized spacial score (nSPS) is 11.4. The molecule has 27 heavy (non-hydrogen) atoms. The molecule has 0 fully saturated rings. The summed E-state index contributed by atoms with van der Waals surface area (Å²) >= 11 is 6.28. The summed E-state index contributed by atoms with van der Waals surface area (Å²) < 4.78 is 15.6. The first-order valence-electron chi connectivity index (χ1n) is 9.02. The van der Waals surface area contributed by atoms with Crippen molar-refractivity contribution in [3.8, 4) is 11.4 Å². The van der Waals surface area contributed by atoms with Gasteiger partial charge in [0, 0.05) is 10.6 Å². The highest BCUT2D eigenvalue weighted by Gasteiger charge is 2.14. The largest absolute Gasteiger partial charge is 0.319 e. The molecule has 0 amide bonds. The molecule has 0 N–H and O–H groups in total. The fourth-order valence-electron chi connectivity index (χ4n) is 3.29. The van der Waals surface area contributed by atoms with Crippen molar-refractivity contribution in [2.45, 2.75) is 26.3 Å². The second kappa shape index (κ2) is 7.16. The second-order valence-electron chi connectivity index (χ2n) is 7.02. The molecule has 0 spiro atoms. The first-order chi connectivity index (χ1) is 13.0. The van der Waals surface area contributed by atoms with Gasteiger partial charge in [0.2, 0.25) is 0 Å². The van der Waals surface area contributed by atoms with Gasteiger partial charge in [0.25, 0.3) is 0 Å². The number of nitrogens with zero attached hydrogens (tertiary/aromatic N) is 2. The summed E-state index contributed by atoms with van der Waals surface area (Å²) in [6.07, 6.45) is 0. The molecular formula is C23H20ClFN2. The number of para-hydroxylation sites is 2. The van der Waals surface area contributed by atoms with Gasteiger partial charge in [-0.2, -0.15) is 0 Å². The molecule has 0 saturated heterocycles. The van der Waals surface area contributed by atoms with Gasteiger partial charge in [0.05, 0.1) is 17.6 Å². The summed E-state index contributed by atoms with van der Waals surface area (Å²) in [6.45, 7) is 4.89. The zero-order valence-electron chi connectivity index (χ0n) is 15.3. The number of halogens is 2. The number of fused-ring (bicyclic) bond motifs is 1. The highest BCUT2D eigenvalue weighted by atomic mass is 35.5. The number of hydrogen-bond donors (Lipinski definition) is 0. The van der Waals surface area contributed by atoms with Crippen LogP contribution in [0.25, 0.3) is 22.4 Å². The van der Waals surface area contributed by atoms with Crippen molar-refractivity contribution in [1.82, 2.24) is 9.55 Å². The average Bonchev–Trinajstić information content (AvgIpc) is 3.02. The Morgan fingerprint density at radius 3 is 2.44 bits per heavy atom. The van der Waals surface area contributed by atoms with Crippen LogP contribution in [0.4, 0.5) is 4.39 Å². The van der Waals surface area contributed by atoms with Gasteiger partial charge in [0.15, 0.2) is 0 Å². The molecular weight excluding hydrogens is 359 g/mol. The van der Waals surface area contributed by atoms with Crippen molar-refractivity contribution in [2.24, 2.45) is 0 Å². The van der Waals surface area contributed by atoms with Crippen LogP contribution in [0.3, 0.4) is 0 Å². The van der Waals surface area contributed by atoms with E-state index < -0.39 is 0 Å². The Kier molecular flexibility index (Phi) is 4.71. The van der Waals surface area contributed by atoms with E-state index in [4.69, 9.17) is 16.6 Å². The lowest BCUT2D eigenvalue weighted by atomic mass is 10.0. The number of hydrogen-bond acceptors (Lipinski definition) is 1. The first-order valence-corrected chi connectivity index (χ1v) is 9.40. The van der Waals surface area contributed by atoms with Gasteiger partial charge in [-0.1, -0.05) is 67.9 Å². The summed E-state index contributed by atoms with van der Waals surface area (Å²) in [5.74, 6) is 1.03. The number of aromatic nitrogens is 2. The summed E-state index contributed by atoms with van der Waals surface area (Å²) in [4.78, 5) is 4.85. The second-order valence-corrected chi connectivity index (χ2v) is 7.43. The van der Waals surface area contributed by atoms with Crippen LogP contribution in [0.2, 0.25) is 5.02 Å². The van der Waals surface area contributed by atoms with Gasteiger partial charge in [0.1, 0.15) is 11.6 Å². The van der Waals surface area contributed by atoms with E-state index in [-0.39, 0.29) is 5.82 Å². The van der Waals surface area contributed by atoms with Crippen LogP contribution in [-0.4, -0.2) is 9.55 Å². The Balaban J connectivity index is 1.84. The van der Waals surface area contributed by atoms with Crippen molar-refractivity contribution in [3.63, 3.8) is 0 Å². The van der Waals surface area contributed by atoms with Gasteiger partial charge in [-0.3, -0.25) is 0 Å².